The maximum Gasteiger partial charge on any atom is 0.202 e. The molecule has 0 fully saturated rings. The Kier molecular flexibility index (Phi) is 3.48. The first-order valence-electron chi connectivity index (χ1n) is 6.51. The van der Waals surface area contributed by atoms with E-state index in [2.05, 4.69) is 12.1 Å². The van der Waals surface area contributed by atoms with Crippen molar-refractivity contribution in [3.63, 3.8) is 0 Å². The minimum atomic E-state index is 0.0980. The standard InChI is InChI=1S/C18H14OS/c1-13-6-5-9-15(12-13)18(19)17-11-10-16(20-17)14-7-3-2-4-8-14/h2-12H,1H3. The zero-order valence-electron chi connectivity index (χ0n) is 11.2. The predicted molar refractivity (Wildman–Crippen MR) is 84.4 cm³/mol. The van der Waals surface area contributed by atoms with E-state index in [-0.39, 0.29) is 5.78 Å². The lowest BCUT2D eigenvalue weighted by Gasteiger charge is -1.99. The Morgan fingerprint density at radius 3 is 2.45 bits per heavy atom. The van der Waals surface area contributed by atoms with Crippen LogP contribution in [0.3, 0.4) is 0 Å². The van der Waals surface area contributed by atoms with Gasteiger partial charge in [-0.3, -0.25) is 4.79 Å². The molecule has 2 heteroatoms. The zero-order valence-corrected chi connectivity index (χ0v) is 12.0. The second kappa shape index (κ2) is 5.43. The minimum absolute atomic E-state index is 0.0980. The van der Waals surface area contributed by atoms with E-state index >= 15 is 0 Å². The third-order valence-electron chi connectivity index (χ3n) is 3.17. The predicted octanol–water partition coefficient (Wildman–Crippen LogP) is 4.95. The van der Waals surface area contributed by atoms with Crippen molar-refractivity contribution in [1.29, 1.82) is 0 Å². The zero-order chi connectivity index (χ0) is 13.9. The van der Waals surface area contributed by atoms with Crippen LogP contribution in [0.2, 0.25) is 0 Å². The van der Waals surface area contributed by atoms with Crippen molar-refractivity contribution >= 4 is 17.1 Å². The van der Waals surface area contributed by atoms with Crippen molar-refractivity contribution < 1.29 is 4.79 Å². The number of thiophene rings is 1. The Balaban J connectivity index is 1.93. The third-order valence-corrected chi connectivity index (χ3v) is 4.30. The Morgan fingerprint density at radius 1 is 0.900 bits per heavy atom. The average molecular weight is 278 g/mol. The summed E-state index contributed by atoms with van der Waals surface area (Å²) >= 11 is 1.55. The van der Waals surface area contributed by atoms with Gasteiger partial charge >= 0.3 is 0 Å². The van der Waals surface area contributed by atoms with Gasteiger partial charge in [0.25, 0.3) is 0 Å². The molecule has 3 aromatic rings. The van der Waals surface area contributed by atoms with Crippen LogP contribution in [0.4, 0.5) is 0 Å². The lowest BCUT2D eigenvalue weighted by molar-refractivity contribution is 0.104. The number of hydrogen-bond acceptors (Lipinski definition) is 2. The molecule has 98 valence electrons. The van der Waals surface area contributed by atoms with Gasteiger partial charge in [0.1, 0.15) is 0 Å². The summed E-state index contributed by atoms with van der Waals surface area (Å²) in [6.07, 6.45) is 0. The number of rotatable bonds is 3. The molecule has 0 N–H and O–H groups in total. The molecule has 0 aliphatic carbocycles. The highest BCUT2D eigenvalue weighted by Gasteiger charge is 2.12. The maximum atomic E-state index is 12.5. The molecule has 0 saturated heterocycles. The van der Waals surface area contributed by atoms with Gasteiger partial charge in [-0.2, -0.15) is 0 Å². The first kappa shape index (κ1) is 12.8. The van der Waals surface area contributed by atoms with E-state index in [0.717, 1.165) is 26.4 Å². The van der Waals surface area contributed by atoms with Crippen molar-refractivity contribution in [3.05, 3.63) is 82.7 Å². The lowest BCUT2D eigenvalue weighted by Crippen LogP contribution is -1.98. The molecule has 0 atom stereocenters. The molecule has 0 radical (unpaired) electrons. The van der Waals surface area contributed by atoms with Crippen LogP contribution in [0.25, 0.3) is 10.4 Å². The molecule has 1 aromatic heterocycles. The van der Waals surface area contributed by atoms with Crippen molar-refractivity contribution in [1.82, 2.24) is 0 Å². The van der Waals surface area contributed by atoms with Gasteiger partial charge in [0, 0.05) is 10.4 Å². The van der Waals surface area contributed by atoms with Gasteiger partial charge in [0.15, 0.2) is 0 Å². The van der Waals surface area contributed by atoms with Crippen LogP contribution in [0.5, 0.6) is 0 Å². The van der Waals surface area contributed by atoms with Crippen LogP contribution < -0.4 is 0 Å². The molecule has 0 bridgehead atoms. The van der Waals surface area contributed by atoms with Crippen LogP contribution in [0.15, 0.2) is 66.7 Å². The van der Waals surface area contributed by atoms with Crippen LogP contribution in [-0.2, 0) is 0 Å². The van der Waals surface area contributed by atoms with E-state index in [9.17, 15) is 4.79 Å². The molecule has 0 amide bonds. The third kappa shape index (κ3) is 2.56. The Morgan fingerprint density at radius 2 is 1.70 bits per heavy atom. The molecule has 2 aromatic carbocycles. The summed E-state index contributed by atoms with van der Waals surface area (Å²) in [5.41, 5.74) is 3.02. The number of carbonyl (C=O) groups excluding carboxylic acids is 1. The Labute approximate surface area is 122 Å². The monoisotopic (exact) mass is 278 g/mol. The highest BCUT2D eigenvalue weighted by molar-refractivity contribution is 7.17. The molecule has 0 saturated carbocycles. The molecule has 1 nitrogen and oxygen atoms in total. The number of hydrogen-bond donors (Lipinski definition) is 0. The van der Waals surface area contributed by atoms with E-state index in [1.54, 1.807) is 11.3 Å². The quantitative estimate of drug-likeness (QED) is 0.619. The summed E-state index contributed by atoms with van der Waals surface area (Å²) in [4.78, 5) is 14.4. The van der Waals surface area contributed by atoms with Gasteiger partial charge in [-0.05, 0) is 30.7 Å². The Hall–Kier alpha value is -2.19. The average Bonchev–Trinajstić information content (AvgIpc) is 2.97. The first-order valence-corrected chi connectivity index (χ1v) is 7.32. The van der Waals surface area contributed by atoms with Crippen molar-refractivity contribution in [2.24, 2.45) is 0 Å². The molecule has 0 aliphatic heterocycles. The van der Waals surface area contributed by atoms with Gasteiger partial charge in [0.05, 0.1) is 4.88 Å². The second-order valence-electron chi connectivity index (χ2n) is 4.73. The van der Waals surface area contributed by atoms with Crippen LogP contribution in [-0.4, -0.2) is 5.78 Å². The summed E-state index contributed by atoms with van der Waals surface area (Å²) in [5.74, 6) is 0.0980. The van der Waals surface area contributed by atoms with Gasteiger partial charge in [-0.25, -0.2) is 0 Å². The van der Waals surface area contributed by atoms with Crippen LogP contribution in [0.1, 0.15) is 20.8 Å². The number of aryl methyl sites for hydroxylation is 1. The van der Waals surface area contributed by atoms with Gasteiger partial charge in [-0.15, -0.1) is 11.3 Å². The fraction of sp³-hybridized carbons (Fsp3) is 0.0556. The van der Waals surface area contributed by atoms with Crippen molar-refractivity contribution in [3.8, 4) is 10.4 Å². The van der Waals surface area contributed by atoms with E-state index < -0.39 is 0 Å². The topological polar surface area (TPSA) is 17.1 Å². The van der Waals surface area contributed by atoms with Crippen LogP contribution >= 0.6 is 11.3 Å². The summed E-state index contributed by atoms with van der Waals surface area (Å²) in [5, 5.41) is 0. The maximum absolute atomic E-state index is 12.5. The molecule has 0 aliphatic rings. The van der Waals surface area contributed by atoms with E-state index in [4.69, 9.17) is 0 Å². The second-order valence-corrected chi connectivity index (χ2v) is 5.81. The number of benzene rings is 2. The highest BCUT2D eigenvalue weighted by atomic mass is 32.1. The molecule has 0 unspecified atom stereocenters. The van der Waals surface area contributed by atoms with Gasteiger partial charge in [-0.1, -0.05) is 54.1 Å². The molecular weight excluding hydrogens is 264 g/mol. The first-order chi connectivity index (χ1) is 9.74. The minimum Gasteiger partial charge on any atom is -0.288 e. The summed E-state index contributed by atoms with van der Waals surface area (Å²) in [6.45, 7) is 2.00. The Bertz CT molecular complexity index is 741. The van der Waals surface area contributed by atoms with Crippen molar-refractivity contribution in [2.45, 2.75) is 6.92 Å². The van der Waals surface area contributed by atoms with E-state index in [1.807, 2.05) is 61.5 Å². The SMILES string of the molecule is Cc1cccc(C(=O)c2ccc(-c3ccccc3)s2)c1. The highest BCUT2D eigenvalue weighted by Crippen LogP contribution is 2.29. The van der Waals surface area contributed by atoms with E-state index in [1.165, 1.54) is 0 Å². The molecule has 20 heavy (non-hydrogen) atoms. The fourth-order valence-electron chi connectivity index (χ4n) is 2.15. The van der Waals surface area contributed by atoms with Crippen LogP contribution in [0, 0.1) is 6.92 Å². The molecule has 1 heterocycles. The lowest BCUT2D eigenvalue weighted by atomic mass is 10.1. The molecular formula is C18H14OS. The largest absolute Gasteiger partial charge is 0.288 e. The van der Waals surface area contributed by atoms with E-state index in [0.29, 0.717) is 0 Å². The summed E-state index contributed by atoms with van der Waals surface area (Å²) in [6, 6.07) is 21.8. The molecule has 3 rings (SSSR count). The van der Waals surface area contributed by atoms with Gasteiger partial charge in [0.2, 0.25) is 5.78 Å². The molecule has 0 spiro atoms. The fourth-order valence-corrected chi connectivity index (χ4v) is 3.12. The summed E-state index contributed by atoms with van der Waals surface area (Å²) < 4.78 is 0. The number of ketones is 1. The van der Waals surface area contributed by atoms with Crippen molar-refractivity contribution in [2.75, 3.05) is 0 Å². The normalized spacial score (nSPS) is 10.4. The van der Waals surface area contributed by atoms with Gasteiger partial charge < -0.3 is 0 Å². The summed E-state index contributed by atoms with van der Waals surface area (Å²) in [7, 11) is 0. The smallest absolute Gasteiger partial charge is 0.202 e. The number of carbonyl (C=O) groups is 1.